The molecule has 1 rings (SSSR count). The summed E-state index contributed by atoms with van der Waals surface area (Å²) >= 11 is 0. The second-order valence-corrected chi connectivity index (χ2v) is 7.48. The van der Waals surface area contributed by atoms with Crippen LogP contribution in [-0.4, -0.2) is 31.1 Å². The van der Waals surface area contributed by atoms with Gasteiger partial charge in [-0.3, -0.25) is 0 Å². The second-order valence-electron chi connectivity index (χ2n) is 4.79. The minimum Gasteiger partial charge on any atom is -0.320 e. The molecule has 0 aromatic heterocycles. The Bertz CT molecular complexity index is 361. The fourth-order valence-corrected chi connectivity index (χ4v) is 3.85. The summed E-state index contributed by atoms with van der Waals surface area (Å²) in [5, 5.41) is 0. The molecular weight excluding hydrogens is 243 g/mol. The summed E-state index contributed by atoms with van der Waals surface area (Å²) in [7, 11) is -3.29. The van der Waals surface area contributed by atoms with Gasteiger partial charge in [0.05, 0.1) is 10.5 Å². The quantitative estimate of drug-likeness (QED) is 0.817. The fourth-order valence-electron chi connectivity index (χ4n) is 2.00. The van der Waals surface area contributed by atoms with Gasteiger partial charge in [-0.15, -0.1) is 0 Å². The Balaban J connectivity index is 2.79. The van der Waals surface area contributed by atoms with Crippen molar-refractivity contribution in [3.8, 4) is 0 Å². The highest BCUT2D eigenvalue weighted by Crippen LogP contribution is 2.41. The van der Waals surface area contributed by atoms with E-state index in [2.05, 4.69) is 0 Å². The molecule has 96 valence electrons. The third kappa shape index (κ3) is 2.34. The van der Waals surface area contributed by atoms with Gasteiger partial charge in [0.1, 0.15) is 6.04 Å². The van der Waals surface area contributed by atoms with Crippen molar-refractivity contribution in [1.82, 2.24) is 0 Å². The molecule has 1 aliphatic heterocycles. The number of rotatable bonds is 2. The third-order valence-corrected chi connectivity index (χ3v) is 6.19. The summed E-state index contributed by atoms with van der Waals surface area (Å²) in [4.78, 5) is 0. The zero-order chi connectivity index (χ0) is 12.8. The van der Waals surface area contributed by atoms with E-state index in [0.29, 0.717) is 0 Å². The summed E-state index contributed by atoms with van der Waals surface area (Å²) in [5.41, 5.74) is 5.02. The van der Waals surface area contributed by atoms with Gasteiger partial charge in [-0.05, 0) is 32.6 Å². The van der Waals surface area contributed by atoms with Crippen molar-refractivity contribution >= 4 is 9.84 Å². The van der Waals surface area contributed by atoms with Gasteiger partial charge >= 0.3 is 6.18 Å². The number of halogens is 3. The SMILES string of the molecule is CC1(C)C(CC(N)C(F)(F)F)CCS1(=O)=O. The van der Waals surface area contributed by atoms with Crippen LogP contribution in [0.4, 0.5) is 13.2 Å². The summed E-state index contributed by atoms with van der Waals surface area (Å²) in [6.45, 7) is 2.95. The average molecular weight is 259 g/mol. The van der Waals surface area contributed by atoms with E-state index in [0.717, 1.165) is 0 Å². The van der Waals surface area contributed by atoms with E-state index in [4.69, 9.17) is 5.73 Å². The van der Waals surface area contributed by atoms with Gasteiger partial charge in [-0.2, -0.15) is 13.2 Å². The number of hydrogen-bond acceptors (Lipinski definition) is 3. The van der Waals surface area contributed by atoms with Crippen molar-refractivity contribution in [1.29, 1.82) is 0 Å². The molecule has 1 aliphatic rings. The van der Waals surface area contributed by atoms with Crippen LogP contribution >= 0.6 is 0 Å². The Morgan fingerprint density at radius 1 is 1.44 bits per heavy atom. The number of alkyl halides is 3. The first kappa shape index (κ1) is 13.8. The fraction of sp³-hybridized carbons (Fsp3) is 1.00. The van der Waals surface area contributed by atoms with Crippen LogP contribution in [0.15, 0.2) is 0 Å². The molecule has 7 heteroatoms. The first-order chi connectivity index (χ1) is 6.98. The molecule has 0 aromatic rings. The molecule has 0 spiro atoms. The van der Waals surface area contributed by atoms with Gasteiger partial charge in [0.2, 0.25) is 0 Å². The topological polar surface area (TPSA) is 60.2 Å². The van der Waals surface area contributed by atoms with Gasteiger partial charge < -0.3 is 5.73 Å². The lowest BCUT2D eigenvalue weighted by atomic mass is 9.87. The van der Waals surface area contributed by atoms with E-state index < -0.39 is 32.7 Å². The summed E-state index contributed by atoms with van der Waals surface area (Å²) in [5.74, 6) is -0.566. The van der Waals surface area contributed by atoms with Crippen molar-refractivity contribution in [2.75, 3.05) is 5.75 Å². The van der Waals surface area contributed by atoms with E-state index >= 15 is 0 Å². The van der Waals surface area contributed by atoms with Crippen molar-refractivity contribution < 1.29 is 21.6 Å². The van der Waals surface area contributed by atoms with Crippen LogP contribution in [0.2, 0.25) is 0 Å². The number of nitrogens with two attached hydrogens (primary N) is 1. The molecule has 3 nitrogen and oxygen atoms in total. The van der Waals surface area contributed by atoms with E-state index in [9.17, 15) is 21.6 Å². The average Bonchev–Trinajstić information content (AvgIpc) is 2.26. The van der Waals surface area contributed by atoms with E-state index in [1.165, 1.54) is 13.8 Å². The Hall–Kier alpha value is -0.300. The molecule has 0 aromatic carbocycles. The highest BCUT2D eigenvalue weighted by Gasteiger charge is 2.50. The standard InChI is InChI=1S/C9H16F3NO2S/c1-8(2)6(3-4-16(8,14)15)5-7(13)9(10,11)12/h6-7H,3-5,13H2,1-2H3. The Morgan fingerprint density at radius 3 is 2.25 bits per heavy atom. The molecule has 0 saturated carbocycles. The normalized spacial score (nSPS) is 30.2. The molecule has 2 atom stereocenters. The van der Waals surface area contributed by atoms with Crippen LogP contribution in [-0.2, 0) is 9.84 Å². The lowest BCUT2D eigenvalue weighted by Crippen LogP contribution is -2.43. The molecule has 1 heterocycles. The van der Waals surface area contributed by atoms with Crippen LogP contribution in [0.3, 0.4) is 0 Å². The Labute approximate surface area is 93.1 Å². The molecule has 1 fully saturated rings. The Morgan fingerprint density at radius 2 is 1.94 bits per heavy atom. The largest absolute Gasteiger partial charge is 0.403 e. The highest BCUT2D eigenvalue weighted by molar-refractivity contribution is 7.93. The van der Waals surface area contributed by atoms with Crippen LogP contribution in [0.5, 0.6) is 0 Å². The maximum atomic E-state index is 12.3. The van der Waals surface area contributed by atoms with Crippen LogP contribution in [0.25, 0.3) is 0 Å². The van der Waals surface area contributed by atoms with Gasteiger partial charge in [-0.25, -0.2) is 8.42 Å². The first-order valence-corrected chi connectivity index (χ1v) is 6.68. The molecular formula is C9H16F3NO2S. The predicted molar refractivity (Wildman–Crippen MR) is 54.6 cm³/mol. The van der Waals surface area contributed by atoms with Crippen molar-refractivity contribution in [2.45, 2.75) is 43.7 Å². The lowest BCUT2D eigenvalue weighted by molar-refractivity contribution is -0.151. The van der Waals surface area contributed by atoms with E-state index in [-0.39, 0.29) is 18.6 Å². The minimum atomic E-state index is -4.46. The van der Waals surface area contributed by atoms with Crippen molar-refractivity contribution in [3.05, 3.63) is 0 Å². The maximum Gasteiger partial charge on any atom is 0.403 e. The molecule has 0 radical (unpaired) electrons. The van der Waals surface area contributed by atoms with E-state index in [1.807, 2.05) is 0 Å². The zero-order valence-electron chi connectivity index (χ0n) is 9.21. The molecule has 0 aliphatic carbocycles. The monoisotopic (exact) mass is 259 g/mol. The van der Waals surface area contributed by atoms with Gasteiger partial charge in [-0.1, -0.05) is 0 Å². The molecule has 0 bridgehead atoms. The number of hydrogen-bond donors (Lipinski definition) is 1. The minimum absolute atomic E-state index is 0.0464. The smallest absolute Gasteiger partial charge is 0.320 e. The summed E-state index contributed by atoms with van der Waals surface area (Å²) in [6, 6.07) is -1.94. The molecule has 2 unspecified atom stereocenters. The first-order valence-electron chi connectivity index (χ1n) is 5.03. The van der Waals surface area contributed by atoms with Crippen molar-refractivity contribution in [3.63, 3.8) is 0 Å². The van der Waals surface area contributed by atoms with Gasteiger partial charge in [0.25, 0.3) is 0 Å². The Kier molecular flexibility index (Phi) is 3.33. The highest BCUT2D eigenvalue weighted by atomic mass is 32.2. The van der Waals surface area contributed by atoms with Crippen LogP contribution in [0, 0.1) is 5.92 Å². The summed E-state index contributed by atoms with van der Waals surface area (Å²) in [6.07, 6.45) is -4.52. The number of sulfone groups is 1. The molecule has 0 amide bonds. The molecule has 1 saturated heterocycles. The molecule has 2 N–H and O–H groups in total. The maximum absolute atomic E-state index is 12.3. The lowest BCUT2D eigenvalue weighted by Gasteiger charge is -2.28. The van der Waals surface area contributed by atoms with Gasteiger partial charge in [0.15, 0.2) is 9.84 Å². The van der Waals surface area contributed by atoms with Crippen LogP contribution in [0.1, 0.15) is 26.7 Å². The van der Waals surface area contributed by atoms with Crippen molar-refractivity contribution in [2.24, 2.45) is 11.7 Å². The third-order valence-electron chi connectivity index (χ3n) is 3.48. The van der Waals surface area contributed by atoms with Crippen LogP contribution < -0.4 is 5.73 Å². The van der Waals surface area contributed by atoms with E-state index in [1.54, 1.807) is 0 Å². The summed E-state index contributed by atoms with van der Waals surface area (Å²) < 4.78 is 58.9. The predicted octanol–water partition coefficient (Wildman–Crippen LogP) is 1.48. The molecule has 16 heavy (non-hydrogen) atoms. The van der Waals surface area contributed by atoms with Gasteiger partial charge in [0, 0.05) is 0 Å². The second kappa shape index (κ2) is 3.87. The zero-order valence-corrected chi connectivity index (χ0v) is 10.0.